The fourth-order valence-electron chi connectivity index (χ4n) is 1.34. The Bertz CT molecular complexity index is 403. The van der Waals surface area contributed by atoms with Gasteiger partial charge in [0, 0.05) is 12.8 Å². The van der Waals surface area contributed by atoms with E-state index in [4.69, 9.17) is 11.2 Å². The van der Waals surface area contributed by atoms with Crippen LogP contribution in [0.25, 0.3) is 0 Å². The Kier molecular flexibility index (Phi) is 7.37. The maximum atomic E-state index is 11.7. The second-order valence-corrected chi connectivity index (χ2v) is 5.14. The van der Waals surface area contributed by atoms with Gasteiger partial charge in [0.15, 0.2) is 0 Å². The Hall–Kier alpha value is -2.03. The zero-order valence-electron chi connectivity index (χ0n) is 12.3. The number of nitrogens with one attached hydrogen (secondary N) is 1. The number of carbonyl (C=O) groups excluding carboxylic acids is 3. The Morgan fingerprint density at radius 3 is 2.35 bits per heavy atom. The molecule has 0 saturated carbocycles. The van der Waals surface area contributed by atoms with Crippen LogP contribution in [-0.2, 0) is 23.9 Å². The number of carbonyl (C=O) groups is 3. The van der Waals surface area contributed by atoms with Crippen LogP contribution in [0.3, 0.4) is 0 Å². The number of esters is 2. The molecule has 0 aliphatic heterocycles. The highest BCUT2D eigenvalue weighted by Crippen LogP contribution is 2.10. The van der Waals surface area contributed by atoms with Gasteiger partial charge in [-0.1, -0.05) is 0 Å². The average molecular weight is 283 g/mol. The van der Waals surface area contributed by atoms with Crippen LogP contribution in [-0.4, -0.2) is 36.6 Å². The summed E-state index contributed by atoms with van der Waals surface area (Å²) in [4.78, 5) is 34.7. The minimum absolute atomic E-state index is 0.0817. The lowest BCUT2D eigenvalue weighted by atomic mass is 10.1. The van der Waals surface area contributed by atoms with Gasteiger partial charge in [-0.25, -0.2) is 4.79 Å². The van der Waals surface area contributed by atoms with Crippen molar-refractivity contribution in [2.24, 2.45) is 0 Å². The molecule has 0 radical (unpaired) electrons. The second-order valence-electron chi connectivity index (χ2n) is 5.14. The number of hydrogen-bond donors (Lipinski definition) is 1. The first-order chi connectivity index (χ1) is 9.19. The standard InChI is InChI=1S/C14H21NO5/c1-6-7-8-11(16)15-10(13(18)19-5)9-12(17)20-14(2,3)4/h1,10H,7-9H2,2-5H3,(H,15,16). The molecular weight excluding hydrogens is 262 g/mol. The number of amides is 1. The van der Waals surface area contributed by atoms with Crippen molar-refractivity contribution >= 4 is 17.8 Å². The van der Waals surface area contributed by atoms with Crippen molar-refractivity contribution in [2.75, 3.05) is 7.11 Å². The van der Waals surface area contributed by atoms with E-state index in [-0.39, 0.29) is 19.3 Å². The second kappa shape index (κ2) is 8.20. The molecule has 0 fully saturated rings. The van der Waals surface area contributed by atoms with Crippen LogP contribution in [0.4, 0.5) is 0 Å². The zero-order chi connectivity index (χ0) is 15.8. The highest BCUT2D eigenvalue weighted by Gasteiger charge is 2.27. The third kappa shape index (κ3) is 8.14. The molecule has 1 atom stereocenters. The predicted octanol–water partition coefficient (Wildman–Crippen LogP) is 0.789. The number of rotatable bonds is 6. The van der Waals surface area contributed by atoms with Crippen LogP contribution in [0, 0.1) is 12.3 Å². The average Bonchev–Trinajstić information content (AvgIpc) is 2.32. The summed E-state index contributed by atoms with van der Waals surface area (Å²) in [5.41, 5.74) is -0.661. The van der Waals surface area contributed by atoms with Gasteiger partial charge in [0.2, 0.25) is 5.91 Å². The molecule has 1 amide bonds. The minimum Gasteiger partial charge on any atom is -0.467 e. The van der Waals surface area contributed by atoms with Crippen molar-refractivity contribution in [2.45, 2.75) is 51.7 Å². The van der Waals surface area contributed by atoms with E-state index in [1.165, 1.54) is 7.11 Å². The summed E-state index contributed by atoms with van der Waals surface area (Å²) in [6.07, 6.45) is 5.10. The van der Waals surface area contributed by atoms with Gasteiger partial charge in [-0.3, -0.25) is 9.59 Å². The fraction of sp³-hybridized carbons (Fsp3) is 0.643. The van der Waals surface area contributed by atoms with Gasteiger partial charge in [-0.05, 0) is 20.8 Å². The maximum absolute atomic E-state index is 11.7. The van der Waals surface area contributed by atoms with Crippen molar-refractivity contribution in [1.82, 2.24) is 5.32 Å². The molecule has 0 bridgehead atoms. The van der Waals surface area contributed by atoms with Crippen LogP contribution in [0.1, 0.15) is 40.0 Å². The zero-order valence-corrected chi connectivity index (χ0v) is 12.3. The number of methoxy groups -OCH3 is 1. The Morgan fingerprint density at radius 1 is 1.30 bits per heavy atom. The van der Waals surface area contributed by atoms with Crippen LogP contribution in [0.5, 0.6) is 0 Å². The first-order valence-corrected chi connectivity index (χ1v) is 6.22. The summed E-state index contributed by atoms with van der Waals surface area (Å²) in [6, 6.07) is -1.07. The van der Waals surface area contributed by atoms with E-state index in [1.54, 1.807) is 20.8 Å². The highest BCUT2D eigenvalue weighted by molar-refractivity contribution is 5.88. The van der Waals surface area contributed by atoms with E-state index >= 15 is 0 Å². The highest BCUT2D eigenvalue weighted by atomic mass is 16.6. The topological polar surface area (TPSA) is 81.7 Å². The van der Waals surface area contributed by atoms with E-state index < -0.39 is 29.5 Å². The van der Waals surface area contributed by atoms with Gasteiger partial charge < -0.3 is 14.8 Å². The van der Waals surface area contributed by atoms with Crippen LogP contribution in [0.2, 0.25) is 0 Å². The van der Waals surface area contributed by atoms with E-state index in [0.717, 1.165) is 0 Å². The third-order valence-electron chi connectivity index (χ3n) is 2.11. The molecule has 0 spiro atoms. The van der Waals surface area contributed by atoms with Crippen molar-refractivity contribution < 1.29 is 23.9 Å². The Morgan fingerprint density at radius 2 is 1.90 bits per heavy atom. The summed E-state index contributed by atoms with van der Waals surface area (Å²) >= 11 is 0. The minimum atomic E-state index is -1.07. The van der Waals surface area contributed by atoms with E-state index in [0.29, 0.717) is 0 Å². The molecule has 6 nitrogen and oxygen atoms in total. The van der Waals surface area contributed by atoms with Crippen LogP contribution in [0.15, 0.2) is 0 Å². The van der Waals surface area contributed by atoms with Crippen LogP contribution >= 0.6 is 0 Å². The van der Waals surface area contributed by atoms with Gasteiger partial charge in [0.25, 0.3) is 0 Å². The van der Waals surface area contributed by atoms with Gasteiger partial charge >= 0.3 is 11.9 Å². The lowest BCUT2D eigenvalue weighted by Gasteiger charge is -2.21. The largest absolute Gasteiger partial charge is 0.467 e. The molecule has 1 unspecified atom stereocenters. The van der Waals surface area contributed by atoms with Gasteiger partial charge in [-0.15, -0.1) is 12.3 Å². The van der Waals surface area contributed by atoms with Crippen molar-refractivity contribution in [3.8, 4) is 12.3 Å². The monoisotopic (exact) mass is 283 g/mol. The lowest BCUT2D eigenvalue weighted by Crippen LogP contribution is -2.43. The van der Waals surface area contributed by atoms with E-state index in [1.807, 2.05) is 0 Å². The van der Waals surface area contributed by atoms with Crippen molar-refractivity contribution in [1.29, 1.82) is 0 Å². The SMILES string of the molecule is C#CCCC(=O)NC(CC(=O)OC(C)(C)C)C(=O)OC. The molecular formula is C14H21NO5. The van der Waals surface area contributed by atoms with Gasteiger partial charge in [-0.2, -0.15) is 0 Å². The smallest absolute Gasteiger partial charge is 0.328 e. The molecule has 20 heavy (non-hydrogen) atoms. The molecule has 0 aromatic carbocycles. The first kappa shape index (κ1) is 18.0. The summed E-state index contributed by atoms with van der Waals surface area (Å²) in [7, 11) is 1.18. The lowest BCUT2D eigenvalue weighted by molar-refractivity contribution is -0.159. The molecule has 1 N–H and O–H groups in total. The summed E-state index contributed by atoms with van der Waals surface area (Å²) in [5, 5.41) is 2.41. The van der Waals surface area contributed by atoms with Crippen molar-refractivity contribution in [3.05, 3.63) is 0 Å². The molecule has 0 aliphatic rings. The summed E-state index contributed by atoms with van der Waals surface area (Å²) in [5.74, 6) is 0.607. The van der Waals surface area contributed by atoms with Gasteiger partial charge in [0.1, 0.15) is 11.6 Å². The third-order valence-corrected chi connectivity index (χ3v) is 2.11. The maximum Gasteiger partial charge on any atom is 0.328 e. The van der Waals surface area contributed by atoms with E-state index in [9.17, 15) is 14.4 Å². The van der Waals surface area contributed by atoms with Gasteiger partial charge in [0.05, 0.1) is 13.5 Å². The first-order valence-electron chi connectivity index (χ1n) is 6.22. The molecule has 0 rings (SSSR count). The quantitative estimate of drug-likeness (QED) is 0.575. The predicted molar refractivity (Wildman–Crippen MR) is 72.5 cm³/mol. The molecule has 6 heteroatoms. The van der Waals surface area contributed by atoms with Crippen LogP contribution < -0.4 is 5.32 Å². The molecule has 0 saturated heterocycles. The molecule has 0 aliphatic carbocycles. The molecule has 0 heterocycles. The summed E-state index contributed by atoms with van der Waals surface area (Å²) in [6.45, 7) is 5.14. The Balaban J connectivity index is 4.58. The molecule has 112 valence electrons. The number of terminal acetylenes is 1. The van der Waals surface area contributed by atoms with Crippen molar-refractivity contribution in [3.63, 3.8) is 0 Å². The Labute approximate surface area is 119 Å². The number of hydrogen-bond acceptors (Lipinski definition) is 5. The fourth-order valence-corrected chi connectivity index (χ4v) is 1.34. The van der Waals surface area contributed by atoms with E-state index in [2.05, 4.69) is 16.0 Å². The normalized spacial score (nSPS) is 11.9. The molecule has 0 aromatic heterocycles. The summed E-state index contributed by atoms with van der Waals surface area (Å²) < 4.78 is 9.64. The molecule has 0 aromatic rings. The number of ether oxygens (including phenoxy) is 2.